The molecule has 1 aromatic rings. The van der Waals surface area contributed by atoms with Crippen molar-refractivity contribution in [3.63, 3.8) is 0 Å². The van der Waals surface area contributed by atoms with E-state index >= 15 is 0 Å². The van der Waals surface area contributed by atoms with E-state index in [1.165, 1.54) is 22.3 Å². The summed E-state index contributed by atoms with van der Waals surface area (Å²) in [6.07, 6.45) is 0. The minimum atomic E-state index is -0.661. The Morgan fingerprint density at radius 1 is 1.23 bits per heavy atom. The zero-order chi connectivity index (χ0) is 16.7. The second-order valence-electron chi connectivity index (χ2n) is 7.95. The average Bonchev–Trinajstić information content (AvgIpc) is 2.73. The van der Waals surface area contributed by atoms with Gasteiger partial charge in [-0.15, -0.1) is 0 Å². The second kappa shape index (κ2) is 6.04. The maximum Gasteiger partial charge on any atom is 0.308 e. The van der Waals surface area contributed by atoms with E-state index in [-0.39, 0.29) is 17.3 Å². The van der Waals surface area contributed by atoms with E-state index in [0.29, 0.717) is 6.54 Å². The van der Waals surface area contributed by atoms with Gasteiger partial charge >= 0.3 is 5.97 Å². The molecule has 1 heterocycles. The maximum absolute atomic E-state index is 11.3. The topological polar surface area (TPSA) is 40.5 Å². The van der Waals surface area contributed by atoms with Gasteiger partial charge in [0, 0.05) is 19.6 Å². The number of hydrogen-bond donors (Lipinski definition) is 1. The van der Waals surface area contributed by atoms with Crippen LogP contribution in [0.15, 0.2) is 12.1 Å². The van der Waals surface area contributed by atoms with Crippen LogP contribution in [0.1, 0.15) is 49.9 Å². The highest BCUT2D eigenvalue weighted by atomic mass is 16.4. The fourth-order valence-electron chi connectivity index (χ4n) is 3.42. The number of hydrogen-bond acceptors (Lipinski definition) is 2. The predicted octanol–water partition coefficient (Wildman–Crippen LogP) is 3.75. The Hall–Kier alpha value is -1.35. The van der Waals surface area contributed by atoms with Crippen LogP contribution in [0.3, 0.4) is 0 Å². The van der Waals surface area contributed by atoms with Crippen molar-refractivity contribution in [3.8, 4) is 0 Å². The molecule has 0 saturated carbocycles. The Labute approximate surface area is 134 Å². The van der Waals surface area contributed by atoms with Crippen molar-refractivity contribution in [1.82, 2.24) is 4.90 Å². The van der Waals surface area contributed by atoms with Gasteiger partial charge in [0.1, 0.15) is 0 Å². The Kier molecular flexibility index (Phi) is 4.67. The van der Waals surface area contributed by atoms with Crippen molar-refractivity contribution in [2.75, 3.05) is 13.1 Å². The van der Waals surface area contributed by atoms with Crippen LogP contribution in [0.2, 0.25) is 0 Å². The van der Waals surface area contributed by atoms with Crippen LogP contribution in [-0.4, -0.2) is 29.1 Å². The van der Waals surface area contributed by atoms with E-state index in [2.05, 4.69) is 51.7 Å². The first kappa shape index (κ1) is 17.0. The third kappa shape index (κ3) is 3.52. The molecule has 1 fully saturated rings. The van der Waals surface area contributed by atoms with Crippen molar-refractivity contribution in [2.45, 2.75) is 53.5 Å². The highest BCUT2D eigenvalue weighted by Crippen LogP contribution is 2.30. The summed E-state index contributed by atoms with van der Waals surface area (Å²) in [5.41, 5.74) is 5.51. The molecular formula is C19H29NO2. The SMILES string of the molecule is Cc1cc(C(C)(C)C)cc(C)c1CN1C[C@@H](C)[C@H](C(=O)O)C1. The molecule has 0 aliphatic carbocycles. The smallest absolute Gasteiger partial charge is 0.308 e. The average molecular weight is 303 g/mol. The lowest BCUT2D eigenvalue weighted by Gasteiger charge is -2.24. The third-order valence-corrected chi connectivity index (χ3v) is 4.95. The van der Waals surface area contributed by atoms with Gasteiger partial charge in [-0.05, 0) is 47.4 Å². The van der Waals surface area contributed by atoms with Crippen LogP contribution in [-0.2, 0) is 16.8 Å². The van der Waals surface area contributed by atoms with Crippen LogP contribution < -0.4 is 0 Å². The normalized spacial score (nSPS) is 23.0. The molecule has 2 rings (SSSR count). The molecule has 0 aromatic heterocycles. The maximum atomic E-state index is 11.3. The molecule has 0 spiro atoms. The van der Waals surface area contributed by atoms with E-state index in [1.807, 2.05) is 6.92 Å². The zero-order valence-electron chi connectivity index (χ0n) is 14.7. The first-order chi connectivity index (χ1) is 10.1. The quantitative estimate of drug-likeness (QED) is 0.924. The molecule has 122 valence electrons. The van der Waals surface area contributed by atoms with Crippen LogP contribution >= 0.6 is 0 Å². The molecule has 0 bridgehead atoms. The van der Waals surface area contributed by atoms with Gasteiger partial charge in [0.15, 0.2) is 0 Å². The van der Waals surface area contributed by atoms with Crippen molar-refractivity contribution >= 4 is 5.97 Å². The summed E-state index contributed by atoms with van der Waals surface area (Å²) in [5, 5.41) is 9.28. The highest BCUT2D eigenvalue weighted by molar-refractivity contribution is 5.71. The molecule has 0 radical (unpaired) electrons. The van der Waals surface area contributed by atoms with Crippen molar-refractivity contribution in [3.05, 3.63) is 34.4 Å². The number of rotatable bonds is 3. The first-order valence-electron chi connectivity index (χ1n) is 8.15. The number of carboxylic acid groups (broad SMARTS) is 1. The van der Waals surface area contributed by atoms with Crippen LogP contribution in [0.25, 0.3) is 0 Å². The molecule has 1 aromatic carbocycles. The van der Waals surface area contributed by atoms with Gasteiger partial charge in [-0.25, -0.2) is 0 Å². The van der Waals surface area contributed by atoms with Crippen molar-refractivity contribution in [2.24, 2.45) is 11.8 Å². The summed E-state index contributed by atoms with van der Waals surface area (Å²) in [4.78, 5) is 13.6. The minimum Gasteiger partial charge on any atom is -0.481 e. The monoisotopic (exact) mass is 303 g/mol. The Morgan fingerprint density at radius 3 is 2.18 bits per heavy atom. The standard InChI is InChI=1S/C19H29NO2/c1-12-7-15(19(4,5)6)8-13(2)16(12)10-20-9-14(3)17(11-20)18(21)22/h7-8,14,17H,9-11H2,1-6H3,(H,21,22)/t14-,17-/m1/s1. The van der Waals surface area contributed by atoms with E-state index in [0.717, 1.165) is 13.1 Å². The summed E-state index contributed by atoms with van der Waals surface area (Å²) >= 11 is 0. The lowest BCUT2D eigenvalue weighted by atomic mass is 9.84. The number of aryl methyl sites for hydroxylation is 2. The molecule has 0 unspecified atom stereocenters. The molecular weight excluding hydrogens is 274 g/mol. The number of aliphatic carboxylic acids is 1. The molecule has 3 nitrogen and oxygen atoms in total. The van der Waals surface area contributed by atoms with Gasteiger partial charge in [-0.2, -0.15) is 0 Å². The van der Waals surface area contributed by atoms with Crippen LogP contribution in [0.5, 0.6) is 0 Å². The molecule has 2 atom stereocenters. The first-order valence-corrected chi connectivity index (χ1v) is 8.15. The van der Waals surface area contributed by atoms with Gasteiger partial charge in [-0.3, -0.25) is 9.69 Å². The molecule has 0 amide bonds. The number of carbonyl (C=O) groups is 1. The van der Waals surface area contributed by atoms with Gasteiger partial charge in [0.2, 0.25) is 0 Å². The zero-order valence-corrected chi connectivity index (χ0v) is 14.7. The lowest BCUT2D eigenvalue weighted by Crippen LogP contribution is -2.24. The Morgan fingerprint density at radius 2 is 1.77 bits per heavy atom. The molecule has 22 heavy (non-hydrogen) atoms. The minimum absolute atomic E-state index is 0.157. The Bertz CT molecular complexity index is 548. The largest absolute Gasteiger partial charge is 0.481 e. The lowest BCUT2D eigenvalue weighted by molar-refractivity contribution is -0.142. The molecule has 3 heteroatoms. The van der Waals surface area contributed by atoms with Crippen LogP contribution in [0.4, 0.5) is 0 Å². The van der Waals surface area contributed by atoms with E-state index in [9.17, 15) is 9.90 Å². The molecule has 1 aliphatic heterocycles. The van der Waals surface area contributed by atoms with Crippen molar-refractivity contribution in [1.29, 1.82) is 0 Å². The van der Waals surface area contributed by atoms with Gasteiger partial charge in [0.05, 0.1) is 5.92 Å². The molecule has 1 N–H and O–H groups in total. The summed E-state index contributed by atoms with van der Waals surface area (Å²) in [5.74, 6) is -0.659. The van der Waals surface area contributed by atoms with Gasteiger partial charge in [0.25, 0.3) is 0 Å². The number of likely N-dealkylation sites (tertiary alicyclic amines) is 1. The number of benzene rings is 1. The van der Waals surface area contributed by atoms with E-state index in [1.54, 1.807) is 0 Å². The number of carboxylic acids is 1. The summed E-state index contributed by atoms with van der Waals surface area (Å²) in [7, 11) is 0. The fraction of sp³-hybridized carbons (Fsp3) is 0.632. The van der Waals surface area contributed by atoms with Gasteiger partial charge in [-0.1, -0.05) is 39.8 Å². The van der Waals surface area contributed by atoms with Crippen LogP contribution in [0, 0.1) is 25.7 Å². The summed E-state index contributed by atoms with van der Waals surface area (Å²) < 4.78 is 0. The number of nitrogens with zero attached hydrogens (tertiary/aromatic N) is 1. The second-order valence-corrected chi connectivity index (χ2v) is 7.95. The van der Waals surface area contributed by atoms with Crippen molar-refractivity contribution < 1.29 is 9.90 Å². The Balaban J connectivity index is 2.19. The van der Waals surface area contributed by atoms with E-state index < -0.39 is 5.97 Å². The van der Waals surface area contributed by atoms with E-state index in [4.69, 9.17) is 0 Å². The predicted molar refractivity (Wildman–Crippen MR) is 90.2 cm³/mol. The summed E-state index contributed by atoms with van der Waals surface area (Å²) in [6, 6.07) is 4.58. The molecule has 1 saturated heterocycles. The highest BCUT2D eigenvalue weighted by Gasteiger charge is 2.34. The summed E-state index contributed by atoms with van der Waals surface area (Å²) in [6.45, 7) is 15.5. The molecule has 1 aliphatic rings. The fourth-order valence-corrected chi connectivity index (χ4v) is 3.42. The third-order valence-electron chi connectivity index (χ3n) is 4.95. The van der Waals surface area contributed by atoms with Gasteiger partial charge < -0.3 is 5.11 Å².